The highest BCUT2D eigenvalue weighted by molar-refractivity contribution is 9.10. The molecule has 0 aliphatic heterocycles. The molecular weight excluding hydrogens is 281 g/mol. The highest BCUT2D eigenvalue weighted by Crippen LogP contribution is 2.26. The lowest BCUT2D eigenvalue weighted by Gasteiger charge is -2.10. The van der Waals surface area contributed by atoms with Gasteiger partial charge in [-0.25, -0.2) is 9.18 Å². The molecule has 1 aromatic carbocycles. The zero-order chi connectivity index (χ0) is 12.1. The van der Waals surface area contributed by atoms with Crippen molar-refractivity contribution in [2.45, 2.75) is 0 Å². The molecule has 7 heteroatoms. The largest absolute Gasteiger partial charge is 0.448 e. The van der Waals surface area contributed by atoms with E-state index >= 15 is 0 Å². The molecule has 0 atom stereocenters. The molecule has 1 aromatic rings. The number of nitrogens with one attached hydrogen (secondary N) is 1. The Balaban J connectivity index is 2.54. The van der Waals surface area contributed by atoms with Crippen LogP contribution in [0.15, 0.2) is 16.6 Å². The number of nitrogens with two attached hydrogens (primary N) is 2. The topological polar surface area (TPSA) is 90.4 Å². The van der Waals surface area contributed by atoms with Crippen LogP contribution in [-0.2, 0) is 4.74 Å². The molecule has 5 nitrogen and oxygen atoms in total. The average Bonchev–Trinajstić information content (AvgIpc) is 2.19. The summed E-state index contributed by atoms with van der Waals surface area (Å²) in [5.74, 6) is -0.424. The summed E-state index contributed by atoms with van der Waals surface area (Å²) in [6.07, 6.45) is -0.850. The van der Waals surface area contributed by atoms with Gasteiger partial charge in [-0.15, -0.1) is 0 Å². The van der Waals surface area contributed by atoms with Crippen LogP contribution in [0.5, 0.6) is 0 Å². The monoisotopic (exact) mass is 291 g/mol. The van der Waals surface area contributed by atoms with E-state index < -0.39 is 11.9 Å². The number of amides is 1. The molecule has 0 aromatic heterocycles. The molecule has 1 rings (SSSR count). The Kier molecular flexibility index (Phi) is 4.36. The number of primary amides is 1. The molecule has 0 spiro atoms. The number of anilines is 2. The third-order valence-electron chi connectivity index (χ3n) is 1.75. The van der Waals surface area contributed by atoms with Crippen LogP contribution in [0.25, 0.3) is 0 Å². The standard InChI is InChI=1S/C9H11BrFN3O2/c10-5-3-7(12)8(4-6(5)11)14-1-2-16-9(13)15/h3-4,14H,1-2,12H2,(H2,13,15). The molecule has 0 unspecified atom stereocenters. The molecule has 0 saturated heterocycles. The summed E-state index contributed by atoms with van der Waals surface area (Å²) >= 11 is 3.01. The van der Waals surface area contributed by atoms with Gasteiger partial charge in [-0.2, -0.15) is 0 Å². The summed E-state index contributed by atoms with van der Waals surface area (Å²) in [7, 11) is 0. The number of nitrogen functional groups attached to an aromatic ring is 1. The minimum atomic E-state index is -0.850. The lowest BCUT2D eigenvalue weighted by molar-refractivity contribution is 0.161. The van der Waals surface area contributed by atoms with E-state index in [0.29, 0.717) is 22.4 Å². The zero-order valence-corrected chi connectivity index (χ0v) is 9.88. The Bertz CT molecular complexity index is 401. The van der Waals surface area contributed by atoms with Crippen LogP contribution < -0.4 is 16.8 Å². The van der Waals surface area contributed by atoms with Gasteiger partial charge in [0, 0.05) is 12.6 Å². The fourth-order valence-electron chi connectivity index (χ4n) is 1.05. The van der Waals surface area contributed by atoms with E-state index in [9.17, 15) is 9.18 Å². The van der Waals surface area contributed by atoms with E-state index in [1.165, 1.54) is 12.1 Å². The number of rotatable bonds is 4. The normalized spacial score (nSPS) is 9.88. The fourth-order valence-corrected chi connectivity index (χ4v) is 1.41. The summed E-state index contributed by atoms with van der Waals surface area (Å²) in [4.78, 5) is 10.3. The molecule has 0 fully saturated rings. The molecule has 0 aliphatic carbocycles. The molecule has 0 radical (unpaired) electrons. The van der Waals surface area contributed by atoms with E-state index in [1.807, 2.05) is 0 Å². The lowest BCUT2D eigenvalue weighted by atomic mass is 10.2. The number of hydrogen-bond donors (Lipinski definition) is 3. The maximum absolute atomic E-state index is 13.1. The van der Waals surface area contributed by atoms with Gasteiger partial charge in [0.15, 0.2) is 0 Å². The van der Waals surface area contributed by atoms with Gasteiger partial charge in [0.2, 0.25) is 0 Å². The van der Waals surface area contributed by atoms with Gasteiger partial charge >= 0.3 is 6.09 Å². The summed E-state index contributed by atoms with van der Waals surface area (Å²) < 4.78 is 17.9. The van der Waals surface area contributed by atoms with E-state index in [4.69, 9.17) is 11.5 Å². The van der Waals surface area contributed by atoms with Gasteiger partial charge in [0.1, 0.15) is 12.4 Å². The first-order chi connectivity index (χ1) is 7.50. The van der Waals surface area contributed by atoms with Gasteiger partial charge in [-0.3, -0.25) is 0 Å². The van der Waals surface area contributed by atoms with Crippen molar-refractivity contribution in [3.63, 3.8) is 0 Å². The predicted octanol–water partition coefficient (Wildman–Crippen LogP) is 1.68. The van der Waals surface area contributed by atoms with Crippen LogP contribution in [0.2, 0.25) is 0 Å². The van der Waals surface area contributed by atoms with Crippen LogP contribution in [0.4, 0.5) is 20.6 Å². The van der Waals surface area contributed by atoms with Gasteiger partial charge in [-0.1, -0.05) is 0 Å². The summed E-state index contributed by atoms with van der Waals surface area (Å²) in [5, 5.41) is 2.82. The Morgan fingerprint density at radius 1 is 1.56 bits per heavy atom. The Morgan fingerprint density at radius 3 is 2.88 bits per heavy atom. The lowest BCUT2D eigenvalue weighted by Crippen LogP contribution is -2.18. The van der Waals surface area contributed by atoms with Crippen LogP contribution in [0, 0.1) is 5.82 Å². The smallest absolute Gasteiger partial charge is 0.404 e. The van der Waals surface area contributed by atoms with Crippen molar-refractivity contribution in [3.8, 4) is 0 Å². The van der Waals surface area contributed by atoms with Crippen LogP contribution in [0.3, 0.4) is 0 Å². The fraction of sp³-hybridized carbons (Fsp3) is 0.222. The Hall–Kier alpha value is -1.50. The van der Waals surface area contributed by atoms with Crippen molar-refractivity contribution in [2.24, 2.45) is 5.73 Å². The third-order valence-corrected chi connectivity index (χ3v) is 2.36. The number of halogens is 2. The number of carbonyl (C=O) groups excluding carboxylic acids is 1. The molecule has 0 bridgehead atoms. The van der Waals surface area contributed by atoms with E-state index in [-0.39, 0.29) is 6.61 Å². The average molecular weight is 292 g/mol. The van der Waals surface area contributed by atoms with E-state index in [2.05, 4.69) is 26.0 Å². The molecule has 5 N–H and O–H groups in total. The minimum absolute atomic E-state index is 0.0897. The van der Waals surface area contributed by atoms with Gasteiger partial charge < -0.3 is 21.5 Å². The van der Waals surface area contributed by atoms with Crippen molar-refractivity contribution < 1.29 is 13.9 Å². The van der Waals surface area contributed by atoms with Crippen molar-refractivity contribution in [1.29, 1.82) is 0 Å². The second-order valence-electron chi connectivity index (χ2n) is 2.95. The minimum Gasteiger partial charge on any atom is -0.448 e. The highest BCUT2D eigenvalue weighted by Gasteiger charge is 2.05. The van der Waals surface area contributed by atoms with Gasteiger partial charge in [0.05, 0.1) is 15.8 Å². The molecule has 0 saturated carbocycles. The highest BCUT2D eigenvalue weighted by atomic mass is 79.9. The summed E-state index contributed by atoms with van der Waals surface area (Å²) in [6.45, 7) is 0.390. The Morgan fingerprint density at radius 2 is 2.25 bits per heavy atom. The summed E-state index contributed by atoms with van der Waals surface area (Å²) in [5.41, 5.74) is 11.2. The first-order valence-corrected chi connectivity index (χ1v) is 5.20. The van der Waals surface area contributed by atoms with Gasteiger partial charge in [-0.05, 0) is 22.0 Å². The first kappa shape index (κ1) is 12.6. The quantitative estimate of drug-likeness (QED) is 0.581. The van der Waals surface area contributed by atoms with E-state index in [1.54, 1.807) is 0 Å². The zero-order valence-electron chi connectivity index (χ0n) is 8.30. The number of hydrogen-bond acceptors (Lipinski definition) is 4. The molecule has 0 heterocycles. The number of carbonyl (C=O) groups is 1. The first-order valence-electron chi connectivity index (χ1n) is 4.41. The van der Waals surface area contributed by atoms with Crippen molar-refractivity contribution >= 4 is 33.4 Å². The number of ether oxygens (including phenoxy) is 1. The van der Waals surface area contributed by atoms with Crippen LogP contribution >= 0.6 is 15.9 Å². The van der Waals surface area contributed by atoms with Crippen LogP contribution in [-0.4, -0.2) is 19.2 Å². The predicted molar refractivity (Wildman–Crippen MR) is 62.5 cm³/mol. The van der Waals surface area contributed by atoms with Gasteiger partial charge in [0.25, 0.3) is 0 Å². The molecule has 16 heavy (non-hydrogen) atoms. The van der Waals surface area contributed by atoms with Crippen molar-refractivity contribution in [1.82, 2.24) is 0 Å². The van der Waals surface area contributed by atoms with Crippen molar-refractivity contribution in [3.05, 3.63) is 22.4 Å². The maximum atomic E-state index is 13.1. The second kappa shape index (κ2) is 5.55. The summed E-state index contributed by atoms with van der Waals surface area (Å²) in [6, 6.07) is 2.70. The second-order valence-corrected chi connectivity index (χ2v) is 3.80. The molecular formula is C9H11BrFN3O2. The molecule has 0 aliphatic rings. The SMILES string of the molecule is NC(=O)OCCNc1cc(F)c(Br)cc1N. The number of benzene rings is 1. The third kappa shape index (κ3) is 3.58. The Labute approximate surface area is 100 Å². The molecule has 88 valence electrons. The molecule has 1 amide bonds. The van der Waals surface area contributed by atoms with Crippen molar-refractivity contribution in [2.75, 3.05) is 24.2 Å². The maximum Gasteiger partial charge on any atom is 0.404 e. The van der Waals surface area contributed by atoms with Crippen LogP contribution in [0.1, 0.15) is 0 Å². The van der Waals surface area contributed by atoms with E-state index in [0.717, 1.165) is 0 Å².